The van der Waals surface area contributed by atoms with Gasteiger partial charge in [0.15, 0.2) is 0 Å². The van der Waals surface area contributed by atoms with Crippen LogP contribution in [0.3, 0.4) is 0 Å². The molecule has 0 unspecified atom stereocenters. The van der Waals surface area contributed by atoms with Crippen LogP contribution in [0.5, 0.6) is 0 Å². The van der Waals surface area contributed by atoms with Crippen LogP contribution >= 0.6 is 0 Å². The first-order valence-corrected chi connectivity index (χ1v) is 1.90. The summed E-state index contributed by atoms with van der Waals surface area (Å²) in [6.07, 6.45) is 0. The third-order valence-corrected chi connectivity index (χ3v) is 0. The maximum absolute atomic E-state index is 7.21. The van der Waals surface area contributed by atoms with Gasteiger partial charge in [-0.25, -0.2) is 0 Å². The van der Waals surface area contributed by atoms with Crippen molar-refractivity contribution in [2.24, 2.45) is 0 Å². The standard InChI is InChI=1S/2CN.2Fe/c2*1-2;;. The van der Waals surface area contributed by atoms with E-state index < -0.39 is 0 Å². The molecule has 0 aromatic carbocycles. The van der Waals surface area contributed by atoms with Crippen LogP contribution in [0.1, 0.15) is 0 Å². The van der Waals surface area contributed by atoms with Crippen molar-refractivity contribution >= 4 is 0 Å². The van der Waals surface area contributed by atoms with Crippen molar-refractivity contribution in [3.63, 3.8) is 0 Å². The third kappa shape index (κ3) is 102000. The second-order valence-electron chi connectivity index (χ2n) is 0.158. The molecule has 4 heteroatoms. The summed E-state index contributed by atoms with van der Waals surface area (Å²) in [6.45, 7) is 0. The number of nitriles is 2. The zero-order valence-electron chi connectivity index (χ0n) is 2.60. The molecule has 0 amide bonds. The van der Waals surface area contributed by atoms with E-state index in [1.54, 1.807) is 0 Å². The Labute approximate surface area is 52.8 Å². The molecule has 0 N–H and O–H groups in total. The van der Waals surface area contributed by atoms with E-state index in [2.05, 4.69) is 32.0 Å². The molecule has 0 atom stereocenters. The van der Waals surface area contributed by atoms with Gasteiger partial charge >= 0.3 is 52.5 Å². The van der Waals surface area contributed by atoms with Gasteiger partial charge in [-0.15, -0.1) is 0 Å². The van der Waals surface area contributed by atoms with E-state index in [1.165, 1.54) is 9.94 Å². The molecule has 0 aromatic rings. The summed E-state index contributed by atoms with van der Waals surface area (Å²) >= 11 is 5.58. The average Bonchev–Trinajstić information content (AvgIpc) is 1.39. The first-order chi connectivity index (χ1) is 2.83. The van der Waals surface area contributed by atoms with Crippen LogP contribution < -0.4 is 0 Å². The van der Waals surface area contributed by atoms with Crippen molar-refractivity contribution in [3.05, 3.63) is 0 Å². The fourth-order valence-corrected chi connectivity index (χ4v) is 0. The fraction of sp³-hybridized carbons (Fsp3) is 0. The quantitative estimate of drug-likeness (QED) is 0.473. The molecule has 0 spiro atoms. The van der Waals surface area contributed by atoms with Crippen molar-refractivity contribution < 1.29 is 32.0 Å². The van der Waals surface area contributed by atoms with Gasteiger partial charge in [-0.3, -0.25) is 0 Å². The van der Waals surface area contributed by atoms with Gasteiger partial charge in [-0.1, -0.05) is 0 Å². The Bertz CT molecular complexity index is 64.5. The van der Waals surface area contributed by atoms with Gasteiger partial charge in [0.05, 0.1) is 0 Å². The Morgan fingerprint density at radius 2 is 1.00 bits per heavy atom. The molecule has 0 saturated carbocycles. The van der Waals surface area contributed by atoms with Crippen LogP contribution in [0.15, 0.2) is 0 Å². The van der Waals surface area contributed by atoms with Crippen LogP contribution in [0, 0.1) is 20.5 Å². The Morgan fingerprint density at radius 1 is 1.00 bits per heavy atom. The summed E-state index contributed by atoms with van der Waals surface area (Å²) in [4.78, 5) is 3.00. The molecule has 0 aliphatic rings. The summed E-state index contributed by atoms with van der Waals surface area (Å²) in [5.74, 6) is 0. The van der Waals surface area contributed by atoms with Gasteiger partial charge in [0.1, 0.15) is 0 Å². The average molecular weight is 164 g/mol. The van der Waals surface area contributed by atoms with E-state index in [4.69, 9.17) is 10.5 Å². The van der Waals surface area contributed by atoms with Crippen LogP contribution in [-0.2, 0) is 32.0 Å². The van der Waals surface area contributed by atoms with Gasteiger partial charge in [-0.2, -0.15) is 0 Å². The molecule has 0 heterocycles. The van der Waals surface area contributed by atoms with Gasteiger partial charge in [-0.05, 0) is 0 Å². The third-order valence-electron chi connectivity index (χ3n) is 0. The van der Waals surface area contributed by atoms with Crippen LogP contribution in [0.4, 0.5) is 0 Å². The predicted octanol–water partition coefficient (Wildman–Crippen LogP) is 0.0286. The molecule has 6 heavy (non-hydrogen) atoms. The van der Waals surface area contributed by atoms with E-state index in [0.717, 1.165) is 0 Å². The van der Waals surface area contributed by atoms with Crippen LogP contribution in [0.2, 0.25) is 0 Å². The van der Waals surface area contributed by atoms with Gasteiger partial charge in [0.25, 0.3) is 0 Å². The minimum atomic E-state index is 1.50. The van der Waals surface area contributed by atoms with Crippen molar-refractivity contribution in [2.75, 3.05) is 0 Å². The monoisotopic (exact) mass is 164 g/mol. The molecule has 0 radical (unpaired) electrons. The van der Waals surface area contributed by atoms with E-state index in [0.29, 0.717) is 0 Å². The van der Waals surface area contributed by atoms with Crippen molar-refractivity contribution in [2.45, 2.75) is 0 Å². The van der Waals surface area contributed by atoms with Crippen molar-refractivity contribution in [3.8, 4) is 9.94 Å². The number of nitrogens with zero attached hydrogens (tertiary/aromatic N) is 2. The zero-order chi connectivity index (χ0) is 5.41. The molecule has 0 aromatic heterocycles. The van der Waals surface area contributed by atoms with Gasteiger partial charge in [0, 0.05) is 0 Å². The second-order valence-corrected chi connectivity index (χ2v) is 0.652. The van der Waals surface area contributed by atoms with E-state index in [9.17, 15) is 0 Å². The van der Waals surface area contributed by atoms with E-state index >= 15 is 0 Å². The first-order valence-electron chi connectivity index (χ1n) is 0.801. The van der Waals surface area contributed by atoms with Crippen molar-refractivity contribution in [1.29, 1.82) is 10.5 Å². The van der Waals surface area contributed by atoms with E-state index in [1.807, 2.05) is 0 Å². The zero-order valence-corrected chi connectivity index (χ0v) is 4.81. The molecule has 0 rings (SSSR count). The summed E-state index contributed by atoms with van der Waals surface area (Å²) in [6, 6.07) is 0. The molecule has 0 bridgehead atoms. The topological polar surface area (TPSA) is 47.6 Å². The molecule has 0 aliphatic carbocycles. The summed E-state index contributed by atoms with van der Waals surface area (Å²) in [5, 5.41) is 14.4. The summed E-state index contributed by atoms with van der Waals surface area (Å²) in [7, 11) is 0. The van der Waals surface area contributed by atoms with Crippen LogP contribution in [-0.4, -0.2) is 0 Å². The van der Waals surface area contributed by atoms with Gasteiger partial charge in [0.2, 0.25) is 0 Å². The summed E-state index contributed by atoms with van der Waals surface area (Å²) in [5.41, 5.74) is 0. The Balaban J connectivity index is 0. The molecule has 0 aliphatic heterocycles. The Hall–Kier alpha value is 0.0190. The number of hydrogen-bond donors (Lipinski definition) is 0. The maximum atomic E-state index is 7.21. The molecule has 34 valence electrons. The number of rotatable bonds is 0. The fourth-order valence-electron chi connectivity index (χ4n) is 0. The predicted molar refractivity (Wildman–Crippen MR) is 11.2 cm³/mol. The number of hydrogen-bond acceptors (Lipinski definition) is 2. The first kappa shape index (κ1) is 9.39. The van der Waals surface area contributed by atoms with Crippen LogP contribution in [0.25, 0.3) is 0 Å². The summed E-state index contributed by atoms with van der Waals surface area (Å²) < 4.78 is 0. The molecular formula is C2Fe2N2. The molecule has 2 nitrogen and oxygen atoms in total. The van der Waals surface area contributed by atoms with Crippen molar-refractivity contribution in [1.82, 2.24) is 0 Å². The SMILES string of the molecule is N#[C][Fe].N#[C][Fe]. The Kier molecular flexibility index (Phi) is 31.1. The van der Waals surface area contributed by atoms with E-state index in [-0.39, 0.29) is 0 Å². The molecular weight excluding hydrogens is 164 g/mol. The molecule has 0 fully saturated rings. The normalized spacial score (nSPS) is 2.67. The molecule has 0 saturated heterocycles. The minimum absolute atomic E-state index is 1.50. The Morgan fingerprint density at radius 3 is 1.00 bits per heavy atom. The second kappa shape index (κ2) is 19.9. The van der Waals surface area contributed by atoms with Gasteiger partial charge < -0.3 is 0 Å².